The molecule has 172 valence electrons. The van der Waals surface area contributed by atoms with Gasteiger partial charge >= 0.3 is 5.97 Å². The minimum atomic E-state index is -1.46. The van der Waals surface area contributed by atoms with Gasteiger partial charge in [-0.25, -0.2) is 9.78 Å². The van der Waals surface area contributed by atoms with Crippen LogP contribution in [0.15, 0.2) is 16.4 Å². The molecule has 0 saturated carbocycles. The lowest BCUT2D eigenvalue weighted by Gasteiger charge is -2.50. The first kappa shape index (κ1) is 23.8. The van der Waals surface area contributed by atoms with Gasteiger partial charge < -0.3 is 30.9 Å². The quantitative estimate of drug-likeness (QED) is 0.235. The molecule has 3 rings (SSSR count). The number of nitrogens with two attached hydrogens (primary N) is 1. The molecular formula is C17H17ClN5O7S2-. The number of β-lactam (4-membered cyclic amide) rings is 1. The molecule has 0 radical (unpaired) electrons. The van der Waals surface area contributed by atoms with E-state index in [4.69, 9.17) is 27.3 Å². The van der Waals surface area contributed by atoms with Crippen LogP contribution >= 0.6 is 34.7 Å². The van der Waals surface area contributed by atoms with Gasteiger partial charge in [0.05, 0.1) is 11.7 Å². The van der Waals surface area contributed by atoms with Crippen LogP contribution in [0.1, 0.15) is 26.0 Å². The molecule has 2 aliphatic heterocycles. The molecule has 15 heteroatoms. The molecule has 1 fully saturated rings. The number of nitrogen functional groups attached to an aromatic ring is 1. The molecule has 3 atom stereocenters. The first-order chi connectivity index (χ1) is 15.1. The maximum absolute atomic E-state index is 12.9. The van der Waals surface area contributed by atoms with Gasteiger partial charge in [-0.1, -0.05) is 35.0 Å². The predicted molar refractivity (Wildman–Crippen MR) is 114 cm³/mol. The summed E-state index contributed by atoms with van der Waals surface area (Å²) in [5, 5.41) is 25.9. The minimum Gasteiger partial charge on any atom is -0.543 e. The van der Waals surface area contributed by atoms with Crippen LogP contribution in [-0.4, -0.2) is 67.7 Å². The fourth-order valence-electron chi connectivity index (χ4n) is 2.98. The number of thioether (sulfide) groups is 1. The number of carbonyl (C=O) groups excluding carboxylic acids is 3. The highest BCUT2D eigenvalue weighted by molar-refractivity contribution is 8.00. The fourth-order valence-corrected chi connectivity index (χ4v) is 5.36. The van der Waals surface area contributed by atoms with Crippen molar-refractivity contribution in [1.82, 2.24) is 15.2 Å². The number of thiazole rings is 1. The largest absolute Gasteiger partial charge is 0.543 e. The molecule has 1 aromatic rings. The number of aliphatic carboxylic acids is 2. The average Bonchev–Trinajstić information content (AvgIpc) is 3.07. The number of carbonyl (C=O) groups is 4. The molecule has 0 aliphatic carbocycles. The number of hydrogen-bond acceptors (Lipinski definition) is 11. The number of nitrogens with zero attached hydrogens (tertiary/aromatic N) is 3. The van der Waals surface area contributed by atoms with E-state index in [-0.39, 0.29) is 20.9 Å². The van der Waals surface area contributed by atoms with E-state index in [2.05, 4.69) is 15.5 Å². The second kappa shape index (κ2) is 9.34. The van der Waals surface area contributed by atoms with Crippen molar-refractivity contribution in [3.8, 4) is 0 Å². The number of nitrogens with one attached hydrogen (secondary N) is 1. The van der Waals surface area contributed by atoms with Gasteiger partial charge in [-0.2, -0.15) is 0 Å². The van der Waals surface area contributed by atoms with Gasteiger partial charge in [0.1, 0.15) is 21.4 Å². The number of carboxylic acid groups (broad SMARTS) is 2. The number of aromatic nitrogens is 1. The monoisotopic (exact) mass is 502 g/mol. The summed E-state index contributed by atoms with van der Waals surface area (Å²) >= 11 is 8.21. The normalized spacial score (nSPS) is 21.5. The molecule has 2 amide bonds. The third kappa shape index (κ3) is 4.38. The summed E-state index contributed by atoms with van der Waals surface area (Å²) in [5.41, 5.74) is 5.36. The number of fused-ring (bicyclic) bond motifs is 1. The molecular weight excluding hydrogens is 486 g/mol. The average molecular weight is 503 g/mol. The fraction of sp³-hybridized carbons (Fsp3) is 0.412. The maximum atomic E-state index is 12.9. The van der Waals surface area contributed by atoms with E-state index in [1.807, 2.05) is 0 Å². The summed E-state index contributed by atoms with van der Waals surface area (Å²) in [6.07, 6.45) is -0.950. The molecule has 0 bridgehead atoms. The molecule has 2 unspecified atom stereocenters. The van der Waals surface area contributed by atoms with Crippen LogP contribution in [0.2, 0.25) is 4.34 Å². The van der Waals surface area contributed by atoms with Crippen LogP contribution in [0, 0.1) is 0 Å². The van der Waals surface area contributed by atoms with Crippen molar-refractivity contribution in [1.29, 1.82) is 0 Å². The van der Waals surface area contributed by atoms with Gasteiger partial charge in [0.15, 0.2) is 10.8 Å². The first-order valence-corrected chi connectivity index (χ1v) is 11.4. The Hall–Kier alpha value is -2.84. The van der Waals surface area contributed by atoms with Crippen molar-refractivity contribution >= 4 is 69.3 Å². The summed E-state index contributed by atoms with van der Waals surface area (Å²) in [4.78, 5) is 58.0. The molecule has 0 aromatic carbocycles. The van der Waals surface area contributed by atoms with Crippen molar-refractivity contribution in [2.24, 2.45) is 5.16 Å². The van der Waals surface area contributed by atoms with Crippen molar-refractivity contribution in [3.63, 3.8) is 0 Å². The lowest BCUT2D eigenvalue weighted by molar-refractivity contribution is -0.301. The first-order valence-electron chi connectivity index (χ1n) is 9.14. The van der Waals surface area contributed by atoms with Crippen LogP contribution in [-0.2, 0) is 24.0 Å². The van der Waals surface area contributed by atoms with Crippen LogP contribution < -0.4 is 16.2 Å². The summed E-state index contributed by atoms with van der Waals surface area (Å²) in [7, 11) is 0. The third-order valence-electron chi connectivity index (χ3n) is 4.65. The highest BCUT2D eigenvalue weighted by Crippen LogP contribution is 2.40. The Morgan fingerprint density at radius 2 is 2.19 bits per heavy atom. The molecule has 0 spiro atoms. The third-order valence-corrected chi connectivity index (χ3v) is 7.07. The molecule has 3 heterocycles. The summed E-state index contributed by atoms with van der Waals surface area (Å²) in [6.45, 7) is 2.97. The van der Waals surface area contributed by atoms with Crippen molar-refractivity contribution < 1.29 is 34.2 Å². The van der Waals surface area contributed by atoms with Crippen LogP contribution in [0.25, 0.3) is 0 Å². The maximum Gasteiger partial charge on any atom is 0.347 e. The van der Waals surface area contributed by atoms with Crippen LogP contribution in [0.4, 0.5) is 5.13 Å². The number of anilines is 1. The number of amides is 2. The number of carboxylic acids is 2. The van der Waals surface area contributed by atoms with Gasteiger partial charge in [0.2, 0.25) is 6.10 Å². The van der Waals surface area contributed by atoms with E-state index >= 15 is 0 Å². The van der Waals surface area contributed by atoms with E-state index in [9.17, 15) is 24.3 Å². The van der Waals surface area contributed by atoms with Gasteiger partial charge in [-0.15, -0.1) is 11.8 Å². The topological polar surface area (TPSA) is 187 Å². The van der Waals surface area contributed by atoms with Crippen LogP contribution in [0.5, 0.6) is 0 Å². The van der Waals surface area contributed by atoms with E-state index in [0.717, 1.165) is 16.2 Å². The Kier molecular flexibility index (Phi) is 6.95. The zero-order valence-corrected chi connectivity index (χ0v) is 19.0. The number of hydrogen-bond donors (Lipinski definition) is 3. The Morgan fingerprint density at radius 1 is 1.50 bits per heavy atom. The zero-order valence-electron chi connectivity index (χ0n) is 16.7. The number of rotatable bonds is 8. The summed E-state index contributed by atoms with van der Waals surface area (Å²) in [6, 6.07) is -1.06. The lowest BCUT2D eigenvalue weighted by Crippen LogP contribution is -2.71. The number of halogens is 1. The van der Waals surface area contributed by atoms with Crippen LogP contribution in [0.3, 0.4) is 0 Å². The predicted octanol–water partition coefficient (Wildman–Crippen LogP) is -0.614. The van der Waals surface area contributed by atoms with Gasteiger partial charge in [0, 0.05) is 5.75 Å². The van der Waals surface area contributed by atoms with E-state index in [1.165, 1.54) is 18.7 Å². The standard InChI is InChI=1S/C17H18ClN5O7S2/c1-3-6-4-31-14-9(13(25)23(14)10(6)16(28)29)20-12(24)8(22-30-5(2)15(26)27)7-11(18)32-17(19)21-7/h5,9,14H,3-4H2,1-2H3,(H2,19,21)(H,20,24)(H,26,27)(H,28,29)/p-1/b22-8-/t5-,9?,14?/m0/s1. The summed E-state index contributed by atoms with van der Waals surface area (Å²) in [5.74, 6) is -3.99. The Balaban J connectivity index is 1.85. The van der Waals surface area contributed by atoms with E-state index in [1.54, 1.807) is 6.92 Å². The van der Waals surface area contributed by atoms with Crippen molar-refractivity contribution in [2.75, 3.05) is 11.5 Å². The second-order valence-electron chi connectivity index (χ2n) is 6.65. The lowest BCUT2D eigenvalue weighted by atomic mass is 10.0. The van der Waals surface area contributed by atoms with Gasteiger partial charge in [-0.05, 0) is 18.9 Å². The van der Waals surface area contributed by atoms with Gasteiger partial charge in [0.25, 0.3) is 11.8 Å². The molecule has 4 N–H and O–H groups in total. The van der Waals surface area contributed by atoms with Crippen molar-refractivity contribution in [2.45, 2.75) is 37.8 Å². The molecule has 32 heavy (non-hydrogen) atoms. The molecule has 1 saturated heterocycles. The van der Waals surface area contributed by atoms with Crippen molar-refractivity contribution in [3.05, 3.63) is 21.3 Å². The zero-order chi connectivity index (χ0) is 23.7. The number of oxime groups is 1. The second-order valence-corrected chi connectivity index (χ2v) is 9.39. The Labute approximate surface area is 194 Å². The highest BCUT2D eigenvalue weighted by atomic mass is 35.5. The Morgan fingerprint density at radius 3 is 2.72 bits per heavy atom. The molecule has 12 nitrogen and oxygen atoms in total. The Bertz CT molecular complexity index is 1060. The smallest absolute Gasteiger partial charge is 0.347 e. The van der Waals surface area contributed by atoms with E-state index < -0.39 is 47.0 Å². The van der Waals surface area contributed by atoms with E-state index in [0.29, 0.717) is 17.7 Å². The minimum absolute atomic E-state index is 0.00587. The SMILES string of the molecule is CCC1=C(C(=O)[O-])N2C(=O)C(NC(=O)/C(=N\O[C@@H](C)C(=O)O)c3nc(N)sc3Cl)C2SC1. The molecule has 1 aromatic heterocycles. The summed E-state index contributed by atoms with van der Waals surface area (Å²) < 4.78 is 0.00587. The molecule has 2 aliphatic rings. The van der Waals surface area contributed by atoms with Gasteiger partial charge in [-0.3, -0.25) is 14.5 Å². The highest BCUT2D eigenvalue weighted by Gasteiger charge is 2.53.